The number of hydrogen-bond acceptors (Lipinski definition) is 8. The van der Waals surface area contributed by atoms with Crippen molar-refractivity contribution < 1.29 is 31.5 Å². The minimum atomic E-state index is -4.96. The monoisotopic (exact) mass is 389 g/mol. The molecule has 3 rings (SSSR count). The van der Waals surface area contributed by atoms with Gasteiger partial charge in [0.2, 0.25) is 11.6 Å². The number of methoxy groups -OCH3 is 1. The maximum Gasteiger partial charge on any atom is 0.446 e. The van der Waals surface area contributed by atoms with E-state index in [-0.39, 0.29) is 23.0 Å². The second-order valence-corrected chi connectivity index (χ2v) is 5.15. The van der Waals surface area contributed by atoms with Crippen molar-refractivity contribution in [1.29, 1.82) is 0 Å². The number of hydrogen-bond donors (Lipinski definition) is 1. The smallest absolute Gasteiger partial charge is 0.383 e. The zero-order valence-electron chi connectivity index (χ0n) is 13.6. The van der Waals surface area contributed by atoms with Crippen LogP contribution in [0.25, 0.3) is 17.2 Å². The van der Waals surface area contributed by atoms with Gasteiger partial charge in [0.15, 0.2) is 5.69 Å². The average molecular weight is 389 g/mol. The van der Waals surface area contributed by atoms with E-state index in [2.05, 4.69) is 29.9 Å². The summed E-state index contributed by atoms with van der Waals surface area (Å²) in [6.45, 7) is 0.611. The molecule has 0 saturated carbocycles. The Morgan fingerprint density at radius 1 is 1.26 bits per heavy atom. The van der Waals surface area contributed by atoms with Crippen molar-refractivity contribution in [1.82, 2.24) is 20.0 Å². The van der Waals surface area contributed by atoms with Gasteiger partial charge in [-0.3, -0.25) is 4.52 Å². The molecular weight excluding hydrogens is 378 g/mol. The first-order chi connectivity index (χ1) is 12.8. The molecule has 0 bridgehead atoms. The molecule has 27 heavy (non-hydrogen) atoms. The van der Waals surface area contributed by atoms with Crippen LogP contribution in [-0.4, -0.2) is 40.3 Å². The molecular formula is C14H11F4N5O4. The Morgan fingerprint density at radius 2 is 2.04 bits per heavy atom. The lowest BCUT2D eigenvalue weighted by atomic mass is 10.1. The predicted molar refractivity (Wildman–Crippen MR) is 80.7 cm³/mol. The van der Waals surface area contributed by atoms with Crippen molar-refractivity contribution >= 4 is 5.82 Å². The van der Waals surface area contributed by atoms with Gasteiger partial charge in [-0.05, 0) is 28.5 Å². The summed E-state index contributed by atoms with van der Waals surface area (Å²) in [5.74, 6) is -2.80. The second-order valence-electron chi connectivity index (χ2n) is 5.15. The number of rotatable bonds is 6. The standard InChI is InChI=1S/C14H11F4N5O4/c1-25-5-4-19-11-10(20-27-21-11)12-22-26-13(24)23(12)7-2-3-9(15)8(6-7)14(16,17)18/h2-3,6H,4-5H2,1H3,(H,19,21). The van der Waals surface area contributed by atoms with E-state index in [4.69, 9.17) is 4.74 Å². The molecule has 0 amide bonds. The van der Waals surface area contributed by atoms with Gasteiger partial charge in [-0.2, -0.15) is 13.2 Å². The fourth-order valence-corrected chi connectivity index (χ4v) is 2.22. The van der Waals surface area contributed by atoms with Crippen molar-refractivity contribution in [3.8, 4) is 17.2 Å². The molecule has 0 unspecified atom stereocenters. The van der Waals surface area contributed by atoms with Crippen molar-refractivity contribution in [2.45, 2.75) is 6.18 Å². The quantitative estimate of drug-likeness (QED) is 0.504. The summed E-state index contributed by atoms with van der Waals surface area (Å²) in [5.41, 5.74) is -1.96. The number of halogens is 4. The van der Waals surface area contributed by atoms with Crippen molar-refractivity contribution in [3.63, 3.8) is 0 Å². The normalized spacial score (nSPS) is 11.7. The molecule has 2 aromatic heterocycles. The summed E-state index contributed by atoms with van der Waals surface area (Å²) in [6, 6.07) is 2.02. The Labute approximate surface area is 147 Å². The van der Waals surface area contributed by atoms with Gasteiger partial charge in [0.1, 0.15) is 5.82 Å². The molecule has 0 radical (unpaired) electrons. The third kappa shape index (κ3) is 3.67. The van der Waals surface area contributed by atoms with E-state index >= 15 is 0 Å². The lowest BCUT2D eigenvalue weighted by Gasteiger charge is -2.10. The van der Waals surface area contributed by atoms with Crippen molar-refractivity contribution in [2.75, 3.05) is 25.6 Å². The fraction of sp³-hybridized carbons (Fsp3) is 0.286. The van der Waals surface area contributed by atoms with Gasteiger partial charge in [-0.15, -0.1) is 0 Å². The third-order valence-electron chi connectivity index (χ3n) is 3.42. The van der Waals surface area contributed by atoms with Crippen molar-refractivity contribution in [3.05, 3.63) is 40.1 Å². The van der Waals surface area contributed by atoms with Gasteiger partial charge in [0.25, 0.3) is 0 Å². The molecule has 0 atom stereocenters. The highest BCUT2D eigenvalue weighted by atomic mass is 19.4. The van der Waals surface area contributed by atoms with Crippen molar-refractivity contribution in [2.24, 2.45) is 0 Å². The Hall–Kier alpha value is -3.22. The van der Waals surface area contributed by atoms with Gasteiger partial charge in [0.05, 0.1) is 17.9 Å². The first-order valence-electron chi connectivity index (χ1n) is 7.34. The highest BCUT2D eigenvalue weighted by Gasteiger charge is 2.35. The molecule has 13 heteroatoms. The minimum Gasteiger partial charge on any atom is -0.383 e. The molecule has 1 aromatic carbocycles. The maximum absolute atomic E-state index is 13.5. The molecule has 0 aliphatic rings. The summed E-state index contributed by atoms with van der Waals surface area (Å²) in [7, 11) is 1.48. The number of alkyl halides is 3. The van der Waals surface area contributed by atoms with E-state index < -0.39 is 23.3 Å². The third-order valence-corrected chi connectivity index (χ3v) is 3.42. The molecule has 2 heterocycles. The summed E-state index contributed by atoms with van der Waals surface area (Å²) < 4.78 is 67.1. The van der Waals surface area contributed by atoms with Crippen LogP contribution in [0.15, 0.2) is 32.1 Å². The Kier molecular flexibility index (Phi) is 4.94. The number of benzene rings is 1. The SMILES string of the molecule is COCCNc1nonc1-c1noc(=O)n1-c1ccc(F)c(C(F)(F)F)c1. The van der Waals surface area contributed by atoms with Crippen LogP contribution in [-0.2, 0) is 10.9 Å². The number of aromatic nitrogens is 4. The molecule has 9 nitrogen and oxygen atoms in total. The largest absolute Gasteiger partial charge is 0.446 e. The minimum absolute atomic E-state index is 0.0623. The lowest BCUT2D eigenvalue weighted by Crippen LogP contribution is -2.16. The first-order valence-corrected chi connectivity index (χ1v) is 7.34. The van der Waals surface area contributed by atoms with Crippen LogP contribution in [0.4, 0.5) is 23.4 Å². The van der Waals surface area contributed by atoms with Crippen LogP contribution < -0.4 is 11.1 Å². The van der Waals surface area contributed by atoms with E-state index in [9.17, 15) is 22.4 Å². The molecule has 0 fully saturated rings. The van der Waals surface area contributed by atoms with Gasteiger partial charge < -0.3 is 10.1 Å². The van der Waals surface area contributed by atoms with Crippen LogP contribution in [0.3, 0.4) is 0 Å². The van der Waals surface area contributed by atoms with Gasteiger partial charge in [-0.25, -0.2) is 18.4 Å². The zero-order chi connectivity index (χ0) is 19.6. The van der Waals surface area contributed by atoms with Crippen LogP contribution in [0.1, 0.15) is 5.56 Å². The van der Waals surface area contributed by atoms with E-state index in [0.717, 1.165) is 6.07 Å². The number of anilines is 1. The highest BCUT2D eigenvalue weighted by molar-refractivity contribution is 5.66. The Morgan fingerprint density at radius 3 is 2.74 bits per heavy atom. The van der Waals surface area contributed by atoms with E-state index in [1.165, 1.54) is 7.11 Å². The number of nitrogens with zero attached hydrogens (tertiary/aromatic N) is 4. The van der Waals surface area contributed by atoms with Gasteiger partial charge in [-0.1, -0.05) is 5.16 Å². The Bertz CT molecular complexity index is 994. The molecule has 144 valence electrons. The van der Waals surface area contributed by atoms with E-state index in [0.29, 0.717) is 29.9 Å². The van der Waals surface area contributed by atoms with E-state index in [1.807, 2.05) is 0 Å². The van der Waals surface area contributed by atoms with Gasteiger partial charge in [0, 0.05) is 13.7 Å². The molecule has 1 N–H and O–H groups in total. The molecule has 3 aromatic rings. The maximum atomic E-state index is 13.5. The summed E-state index contributed by atoms with van der Waals surface area (Å²) >= 11 is 0. The average Bonchev–Trinajstić information content (AvgIpc) is 3.21. The summed E-state index contributed by atoms with van der Waals surface area (Å²) in [5, 5.41) is 13.5. The molecule has 0 saturated heterocycles. The predicted octanol–water partition coefficient (Wildman–Crippen LogP) is 2.09. The summed E-state index contributed by atoms with van der Waals surface area (Å²) in [6.07, 6.45) is -4.96. The van der Waals surface area contributed by atoms with Crippen LogP contribution in [0, 0.1) is 5.82 Å². The summed E-state index contributed by atoms with van der Waals surface area (Å²) in [4.78, 5) is 12.0. The lowest BCUT2D eigenvalue weighted by molar-refractivity contribution is -0.140. The molecule has 0 aliphatic carbocycles. The van der Waals surface area contributed by atoms with Crippen LogP contribution >= 0.6 is 0 Å². The van der Waals surface area contributed by atoms with Gasteiger partial charge >= 0.3 is 11.9 Å². The first kappa shape index (κ1) is 18.6. The van der Waals surface area contributed by atoms with E-state index in [1.54, 1.807) is 0 Å². The number of nitrogens with one attached hydrogen (secondary N) is 1. The topological polar surface area (TPSA) is 108 Å². The molecule has 0 spiro atoms. The van der Waals surface area contributed by atoms with Crippen LogP contribution in [0.2, 0.25) is 0 Å². The second kappa shape index (κ2) is 7.19. The van der Waals surface area contributed by atoms with Crippen LogP contribution in [0.5, 0.6) is 0 Å². The highest BCUT2D eigenvalue weighted by Crippen LogP contribution is 2.33. The Balaban J connectivity index is 2.08. The zero-order valence-corrected chi connectivity index (χ0v) is 13.6. The molecule has 0 aliphatic heterocycles. The fourth-order valence-electron chi connectivity index (χ4n) is 2.22. The number of ether oxygens (including phenoxy) is 1.